The summed E-state index contributed by atoms with van der Waals surface area (Å²) in [6.45, 7) is 0. The number of aromatic nitrogens is 2. The van der Waals surface area contributed by atoms with Crippen molar-refractivity contribution < 1.29 is 19.9 Å². The first kappa shape index (κ1) is 22.1. The Kier molecular flexibility index (Phi) is 6.26. The Morgan fingerprint density at radius 3 is 2.00 bits per heavy atom. The lowest BCUT2D eigenvalue weighted by molar-refractivity contribution is -0.404. The lowest BCUT2D eigenvalue weighted by Gasteiger charge is -1.97. The van der Waals surface area contributed by atoms with E-state index in [2.05, 4.69) is 4.98 Å². The van der Waals surface area contributed by atoms with Gasteiger partial charge >= 0.3 is 11.4 Å². The van der Waals surface area contributed by atoms with Crippen molar-refractivity contribution in [1.82, 2.24) is 9.38 Å². The summed E-state index contributed by atoms with van der Waals surface area (Å²) in [5.74, 6) is -1.21. The van der Waals surface area contributed by atoms with Gasteiger partial charge in [-0.25, -0.2) is 4.98 Å². The van der Waals surface area contributed by atoms with Gasteiger partial charge < -0.3 is 9.51 Å². The molecular weight excluding hydrogens is 446 g/mol. The van der Waals surface area contributed by atoms with Crippen LogP contribution in [-0.4, -0.2) is 29.3 Å². The molecule has 4 aromatic rings. The van der Waals surface area contributed by atoms with Crippen LogP contribution in [0.4, 0.5) is 17.1 Å². The summed E-state index contributed by atoms with van der Waals surface area (Å²) in [4.78, 5) is 32.3. The fourth-order valence-corrected chi connectivity index (χ4v) is 2.94. The predicted octanol–water partition coefficient (Wildman–Crippen LogP) is 4.77. The number of hydrogen-bond acceptors (Lipinski definition) is 8. The lowest BCUT2D eigenvalue weighted by atomic mass is 10.2. The molecule has 13 heteroatoms. The standard InChI is InChI=1S/C13H9ClN2.C6H3N3O7/c14-11-6-2-1-5-10(11)12-9-16-8-4-3-7-13(16)15-12;10-6-4(8(13)14)1-3(7(11)12)2-5(6)9(15)16/h1-9H;1-2,10H. The predicted molar refractivity (Wildman–Crippen MR) is 114 cm³/mol. The van der Waals surface area contributed by atoms with Crippen molar-refractivity contribution in [3.63, 3.8) is 0 Å². The van der Waals surface area contributed by atoms with Crippen molar-refractivity contribution in [3.05, 3.63) is 102 Å². The summed E-state index contributed by atoms with van der Waals surface area (Å²) in [5, 5.41) is 40.9. The van der Waals surface area contributed by atoms with Crippen LogP contribution in [0.1, 0.15) is 0 Å². The van der Waals surface area contributed by atoms with Gasteiger partial charge in [0.25, 0.3) is 11.4 Å². The van der Waals surface area contributed by atoms with E-state index in [1.165, 1.54) is 0 Å². The molecule has 2 aromatic carbocycles. The maximum absolute atomic E-state index is 10.4. The first-order chi connectivity index (χ1) is 15.2. The van der Waals surface area contributed by atoms with E-state index in [1.807, 2.05) is 59.3 Å². The van der Waals surface area contributed by atoms with Crippen LogP contribution in [0, 0.1) is 30.3 Å². The van der Waals surface area contributed by atoms with Gasteiger partial charge in [-0.3, -0.25) is 30.3 Å². The van der Waals surface area contributed by atoms with E-state index in [-0.39, 0.29) is 0 Å². The summed E-state index contributed by atoms with van der Waals surface area (Å²) >= 11 is 6.14. The minimum absolute atomic E-state index is 0.447. The second kappa shape index (κ2) is 9.06. The Morgan fingerprint density at radius 1 is 0.875 bits per heavy atom. The second-order valence-corrected chi connectivity index (χ2v) is 6.58. The third-order valence-corrected chi connectivity index (χ3v) is 4.50. The van der Waals surface area contributed by atoms with Gasteiger partial charge in [0, 0.05) is 18.0 Å². The number of nitro groups is 3. The van der Waals surface area contributed by atoms with Crippen molar-refractivity contribution in [2.24, 2.45) is 0 Å². The largest absolute Gasteiger partial charge is 0.497 e. The van der Waals surface area contributed by atoms with Gasteiger partial charge in [-0.1, -0.05) is 35.9 Å². The SMILES string of the molecule is Clc1ccccc1-c1cn2ccccc2n1.O=[N+]([O-])c1cc([N+](=O)[O-])c(O)c([N+](=O)[O-])c1. The number of imidazole rings is 1. The third kappa shape index (κ3) is 4.60. The molecule has 0 radical (unpaired) electrons. The Morgan fingerprint density at radius 2 is 1.47 bits per heavy atom. The normalized spacial score (nSPS) is 10.3. The highest BCUT2D eigenvalue weighted by atomic mass is 35.5. The molecule has 162 valence electrons. The molecule has 0 amide bonds. The van der Waals surface area contributed by atoms with E-state index in [0.29, 0.717) is 12.1 Å². The molecule has 32 heavy (non-hydrogen) atoms. The topological polar surface area (TPSA) is 167 Å². The van der Waals surface area contributed by atoms with Crippen LogP contribution in [-0.2, 0) is 0 Å². The number of fused-ring (bicyclic) bond motifs is 1. The summed E-state index contributed by atoms with van der Waals surface area (Å²) in [5.41, 5.74) is -0.208. The highest BCUT2D eigenvalue weighted by Gasteiger charge is 2.30. The molecular formula is C19H12ClN5O7. The van der Waals surface area contributed by atoms with Crippen LogP contribution < -0.4 is 0 Å². The highest BCUT2D eigenvalue weighted by molar-refractivity contribution is 6.33. The number of aromatic hydroxyl groups is 1. The molecule has 1 N–H and O–H groups in total. The number of benzene rings is 2. The van der Waals surface area contributed by atoms with E-state index in [9.17, 15) is 30.3 Å². The fraction of sp³-hybridized carbons (Fsp3) is 0. The lowest BCUT2D eigenvalue weighted by Crippen LogP contribution is -1.97. The molecule has 0 aliphatic carbocycles. The zero-order valence-corrected chi connectivity index (χ0v) is 16.6. The molecule has 0 bridgehead atoms. The van der Waals surface area contributed by atoms with E-state index in [1.54, 1.807) is 0 Å². The molecule has 0 aliphatic heterocycles. The van der Waals surface area contributed by atoms with Gasteiger partial charge in [0.2, 0.25) is 0 Å². The number of pyridine rings is 1. The first-order valence-corrected chi connectivity index (χ1v) is 9.05. The molecule has 0 atom stereocenters. The molecule has 2 aromatic heterocycles. The van der Waals surface area contributed by atoms with Gasteiger partial charge in [-0.05, 0) is 18.2 Å². The van der Waals surface area contributed by atoms with Crippen LogP contribution in [0.5, 0.6) is 5.75 Å². The number of phenolic OH excluding ortho intramolecular Hbond substituents is 1. The zero-order chi connectivity index (χ0) is 23.4. The number of nitro benzene ring substituents is 3. The molecule has 0 unspecified atom stereocenters. The van der Waals surface area contributed by atoms with E-state index >= 15 is 0 Å². The second-order valence-electron chi connectivity index (χ2n) is 6.18. The third-order valence-electron chi connectivity index (χ3n) is 4.17. The molecule has 0 fully saturated rings. The minimum atomic E-state index is -1.21. The van der Waals surface area contributed by atoms with Crippen molar-refractivity contribution in [1.29, 1.82) is 0 Å². The molecule has 0 saturated heterocycles. The average molecular weight is 458 g/mol. The summed E-state index contributed by atoms with van der Waals surface area (Å²) in [7, 11) is 0. The number of hydrogen-bond donors (Lipinski definition) is 1. The maximum Gasteiger partial charge on any atom is 0.324 e. The Bertz CT molecular complexity index is 1290. The van der Waals surface area contributed by atoms with Crippen LogP contribution in [0.3, 0.4) is 0 Å². The molecule has 4 rings (SSSR count). The monoisotopic (exact) mass is 457 g/mol. The van der Waals surface area contributed by atoms with Gasteiger partial charge in [-0.2, -0.15) is 0 Å². The Balaban J connectivity index is 0.000000181. The van der Waals surface area contributed by atoms with E-state index < -0.39 is 37.6 Å². The number of non-ortho nitro benzene ring substituents is 1. The van der Waals surface area contributed by atoms with Crippen LogP contribution in [0.2, 0.25) is 5.02 Å². The molecule has 2 heterocycles. The maximum atomic E-state index is 10.4. The fourth-order valence-electron chi connectivity index (χ4n) is 2.71. The number of halogens is 1. The molecule has 0 aliphatic rings. The van der Waals surface area contributed by atoms with Gasteiger partial charge in [0.1, 0.15) is 5.65 Å². The summed E-state index contributed by atoms with van der Waals surface area (Å²) in [6, 6.07) is 14.5. The summed E-state index contributed by atoms with van der Waals surface area (Å²) in [6.07, 6.45) is 3.96. The Labute approximate surface area is 183 Å². The van der Waals surface area contributed by atoms with E-state index in [0.717, 1.165) is 21.9 Å². The van der Waals surface area contributed by atoms with Crippen LogP contribution in [0.25, 0.3) is 16.9 Å². The zero-order valence-electron chi connectivity index (χ0n) is 15.9. The van der Waals surface area contributed by atoms with Gasteiger partial charge in [0.15, 0.2) is 0 Å². The quantitative estimate of drug-likeness (QED) is 0.337. The smallest absolute Gasteiger partial charge is 0.324 e. The van der Waals surface area contributed by atoms with Crippen molar-refractivity contribution in [2.45, 2.75) is 0 Å². The minimum Gasteiger partial charge on any atom is -0.497 e. The van der Waals surface area contributed by atoms with E-state index in [4.69, 9.17) is 16.7 Å². The van der Waals surface area contributed by atoms with Gasteiger partial charge in [-0.15, -0.1) is 0 Å². The van der Waals surface area contributed by atoms with Crippen molar-refractivity contribution in [3.8, 4) is 17.0 Å². The molecule has 0 saturated carbocycles. The first-order valence-electron chi connectivity index (χ1n) is 8.68. The number of rotatable bonds is 4. The molecule has 0 spiro atoms. The van der Waals surface area contributed by atoms with Crippen molar-refractivity contribution in [2.75, 3.05) is 0 Å². The summed E-state index contributed by atoms with van der Waals surface area (Å²) < 4.78 is 1.98. The highest BCUT2D eigenvalue weighted by Crippen LogP contribution is 2.39. The average Bonchev–Trinajstić information content (AvgIpc) is 3.18. The number of phenols is 1. The van der Waals surface area contributed by atoms with Crippen LogP contribution in [0.15, 0.2) is 67.0 Å². The van der Waals surface area contributed by atoms with Crippen LogP contribution >= 0.6 is 11.6 Å². The Hall–Kier alpha value is -4.58. The van der Waals surface area contributed by atoms with Crippen molar-refractivity contribution >= 4 is 34.3 Å². The van der Waals surface area contributed by atoms with Gasteiger partial charge in [0.05, 0.1) is 37.6 Å². The molecule has 12 nitrogen and oxygen atoms in total. The number of nitrogens with zero attached hydrogens (tertiary/aromatic N) is 5.